The minimum absolute atomic E-state index is 0.118. The van der Waals surface area contributed by atoms with E-state index in [4.69, 9.17) is 27.9 Å². The number of hydrogen-bond acceptors (Lipinski definition) is 5. The SMILES string of the molecule is CN1CCC(N(C)Cc2c(Cl)cc(Cl)c(=O)n2CCc2ccc(C(=O)OC(C)(C)C)cc2)C1. The molecule has 1 aromatic carbocycles. The summed E-state index contributed by atoms with van der Waals surface area (Å²) in [5.74, 6) is -0.352. The van der Waals surface area contributed by atoms with Crippen LogP contribution in [0.5, 0.6) is 0 Å². The highest BCUT2D eigenvalue weighted by atomic mass is 35.5. The lowest BCUT2D eigenvalue weighted by molar-refractivity contribution is 0.00695. The monoisotopic (exact) mass is 493 g/mol. The van der Waals surface area contributed by atoms with Crippen LogP contribution in [0.25, 0.3) is 0 Å². The predicted octanol–water partition coefficient (Wildman–Crippen LogP) is 4.49. The molecule has 8 heteroatoms. The molecule has 0 spiro atoms. The maximum absolute atomic E-state index is 12.9. The van der Waals surface area contributed by atoms with Crippen LogP contribution in [0.2, 0.25) is 10.0 Å². The number of halogens is 2. The summed E-state index contributed by atoms with van der Waals surface area (Å²) in [4.78, 5) is 29.7. The van der Waals surface area contributed by atoms with E-state index in [0.29, 0.717) is 36.1 Å². The lowest BCUT2D eigenvalue weighted by atomic mass is 10.1. The summed E-state index contributed by atoms with van der Waals surface area (Å²) in [5, 5.41) is 0.616. The van der Waals surface area contributed by atoms with Crippen LogP contribution in [0, 0.1) is 0 Å². The Morgan fingerprint density at radius 1 is 1.18 bits per heavy atom. The van der Waals surface area contributed by atoms with Gasteiger partial charge in [-0.15, -0.1) is 0 Å². The van der Waals surface area contributed by atoms with Crippen molar-refractivity contribution in [2.75, 3.05) is 27.2 Å². The number of likely N-dealkylation sites (tertiary alicyclic amines) is 1. The average Bonchev–Trinajstić information content (AvgIpc) is 3.17. The molecular formula is C25H33Cl2N3O3. The van der Waals surface area contributed by atoms with Crippen molar-refractivity contribution in [3.63, 3.8) is 0 Å². The Bertz CT molecular complexity index is 1040. The zero-order valence-electron chi connectivity index (χ0n) is 20.0. The zero-order chi connectivity index (χ0) is 24.3. The van der Waals surface area contributed by atoms with Crippen molar-refractivity contribution < 1.29 is 9.53 Å². The zero-order valence-corrected chi connectivity index (χ0v) is 21.5. The number of ether oxygens (including phenoxy) is 1. The Morgan fingerprint density at radius 3 is 2.42 bits per heavy atom. The van der Waals surface area contributed by atoms with E-state index in [0.717, 1.165) is 30.8 Å². The first-order valence-corrected chi connectivity index (χ1v) is 12.0. The second kappa shape index (κ2) is 10.6. The van der Waals surface area contributed by atoms with Crippen molar-refractivity contribution in [2.45, 2.75) is 58.3 Å². The highest BCUT2D eigenvalue weighted by Gasteiger charge is 2.25. The molecule has 1 atom stereocenters. The topological polar surface area (TPSA) is 54.8 Å². The maximum atomic E-state index is 12.9. The van der Waals surface area contributed by atoms with Crippen molar-refractivity contribution in [1.29, 1.82) is 0 Å². The number of esters is 1. The summed E-state index contributed by atoms with van der Waals surface area (Å²) in [7, 11) is 4.19. The minimum Gasteiger partial charge on any atom is -0.456 e. The van der Waals surface area contributed by atoms with Crippen LogP contribution in [-0.4, -0.2) is 59.2 Å². The fourth-order valence-corrected chi connectivity index (χ4v) is 4.59. The molecule has 1 fully saturated rings. The molecule has 0 radical (unpaired) electrons. The number of benzene rings is 1. The molecule has 0 saturated carbocycles. The standard InChI is InChI=1S/C25H33Cl2N3O3/c1-25(2,3)33-24(32)18-8-6-17(7-9-18)10-13-30-22(20(26)14-21(27)23(30)31)16-29(5)19-11-12-28(4)15-19/h6-9,14,19H,10-13,15-16H2,1-5H3. The van der Waals surface area contributed by atoms with Gasteiger partial charge in [-0.25, -0.2) is 4.79 Å². The summed E-state index contributed by atoms with van der Waals surface area (Å²) < 4.78 is 7.10. The predicted molar refractivity (Wildman–Crippen MR) is 133 cm³/mol. The van der Waals surface area contributed by atoms with Crippen molar-refractivity contribution >= 4 is 29.2 Å². The van der Waals surface area contributed by atoms with Crippen LogP contribution in [0.4, 0.5) is 0 Å². The molecule has 180 valence electrons. The van der Waals surface area contributed by atoms with Gasteiger partial charge in [-0.3, -0.25) is 9.69 Å². The Balaban J connectivity index is 1.75. The third kappa shape index (κ3) is 6.82. The number of pyridine rings is 1. The third-order valence-corrected chi connectivity index (χ3v) is 6.50. The molecule has 1 aromatic heterocycles. The summed E-state index contributed by atoms with van der Waals surface area (Å²) >= 11 is 12.7. The quantitative estimate of drug-likeness (QED) is 0.531. The molecular weight excluding hydrogens is 461 g/mol. The maximum Gasteiger partial charge on any atom is 0.338 e. The van der Waals surface area contributed by atoms with Gasteiger partial charge in [0.25, 0.3) is 5.56 Å². The first-order chi connectivity index (χ1) is 15.4. The molecule has 0 amide bonds. The molecule has 1 aliphatic heterocycles. The summed E-state index contributed by atoms with van der Waals surface area (Å²) in [5.41, 5.74) is 1.50. The summed E-state index contributed by atoms with van der Waals surface area (Å²) in [6, 6.07) is 9.24. The second-order valence-corrected chi connectivity index (χ2v) is 10.6. The molecule has 2 aromatic rings. The van der Waals surface area contributed by atoms with Gasteiger partial charge < -0.3 is 14.2 Å². The molecule has 0 aliphatic carbocycles. The van der Waals surface area contributed by atoms with E-state index in [-0.39, 0.29) is 16.6 Å². The van der Waals surface area contributed by atoms with Crippen LogP contribution in [0.15, 0.2) is 35.1 Å². The van der Waals surface area contributed by atoms with Crippen LogP contribution >= 0.6 is 23.2 Å². The number of carbonyl (C=O) groups is 1. The van der Waals surface area contributed by atoms with Gasteiger partial charge in [-0.1, -0.05) is 35.3 Å². The smallest absolute Gasteiger partial charge is 0.338 e. The van der Waals surface area contributed by atoms with E-state index >= 15 is 0 Å². The molecule has 33 heavy (non-hydrogen) atoms. The van der Waals surface area contributed by atoms with Gasteiger partial charge in [0.15, 0.2) is 0 Å². The molecule has 3 rings (SSSR count). The number of carbonyl (C=O) groups excluding carboxylic acids is 1. The Kier molecular flexibility index (Phi) is 8.27. The number of aromatic nitrogens is 1. The summed E-state index contributed by atoms with van der Waals surface area (Å²) in [6.07, 6.45) is 1.69. The Morgan fingerprint density at radius 2 is 1.85 bits per heavy atom. The largest absolute Gasteiger partial charge is 0.456 e. The fourth-order valence-electron chi connectivity index (χ4n) is 4.06. The first-order valence-electron chi connectivity index (χ1n) is 11.2. The lowest BCUT2D eigenvalue weighted by Gasteiger charge is -2.26. The molecule has 0 N–H and O–H groups in total. The van der Waals surface area contributed by atoms with E-state index in [2.05, 4.69) is 23.9 Å². The molecule has 1 aliphatic rings. The Labute approximate surface area is 206 Å². The van der Waals surface area contributed by atoms with E-state index in [1.54, 1.807) is 22.8 Å². The van der Waals surface area contributed by atoms with Gasteiger partial charge in [-0.2, -0.15) is 0 Å². The highest BCUT2D eigenvalue weighted by molar-refractivity contribution is 6.34. The summed E-state index contributed by atoms with van der Waals surface area (Å²) in [6.45, 7) is 8.60. The van der Waals surface area contributed by atoms with Crippen LogP contribution in [-0.2, 0) is 24.2 Å². The number of nitrogens with zero attached hydrogens (tertiary/aromatic N) is 3. The molecule has 2 heterocycles. The van der Waals surface area contributed by atoms with Crippen LogP contribution in [0.1, 0.15) is 48.8 Å². The van der Waals surface area contributed by atoms with Crippen LogP contribution < -0.4 is 5.56 Å². The van der Waals surface area contributed by atoms with Gasteiger partial charge in [0, 0.05) is 25.7 Å². The van der Waals surface area contributed by atoms with E-state index in [1.165, 1.54) is 0 Å². The molecule has 1 saturated heterocycles. The fraction of sp³-hybridized carbons (Fsp3) is 0.520. The minimum atomic E-state index is -0.541. The number of likely N-dealkylation sites (N-methyl/N-ethyl adjacent to an activating group) is 2. The first kappa shape index (κ1) is 25.8. The normalized spacial score (nSPS) is 17.0. The van der Waals surface area contributed by atoms with E-state index in [1.807, 2.05) is 32.9 Å². The average molecular weight is 494 g/mol. The molecule has 1 unspecified atom stereocenters. The van der Waals surface area contributed by atoms with E-state index in [9.17, 15) is 9.59 Å². The second-order valence-electron chi connectivity index (χ2n) is 9.81. The highest BCUT2D eigenvalue weighted by Crippen LogP contribution is 2.23. The van der Waals surface area contributed by atoms with Gasteiger partial charge in [0.2, 0.25) is 0 Å². The number of hydrogen-bond donors (Lipinski definition) is 0. The van der Waals surface area contributed by atoms with Crippen molar-refractivity contribution in [3.8, 4) is 0 Å². The number of rotatable bonds is 7. The van der Waals surface area contributed by atoms with Crippen molar-refractivity contribution in [3.05, 3.63) is 67.6 Å². The Hall–Kier alpha value is -1.86. The molecule has 6 nitrogen and oxygen atoms in total. The van der Waals surface area contributed by atoms with Crippen LogP contribution in [0.3, 0.4) is 0 Å². The van der Waals surface area contributed by atoms with Crippen molar-refractivity contribution in [1.82, 2.24) is 14.4 Å². The third-order valence-electron chi connectivity index (χ3n) is 5.91. The van der Waals surface area contributed by atoms with Crippen molar-refractivity contribution in [2.24, 2.45) is 0 Å². The van der Waals surface area contributed by atoms with Gasteiger partial charge in [0.05, 0.1) is 16.3 Å². The lowest BCUT2D eigenvalue weighted by Crippen LogP contribution is -2.36. The van der Waals surface area contributed by atoms with Gasteiger partial charge in [0.1, 0.15) is 10.6 Å². The van der Waals surface area contributed by atoms with Gasteiger partial charge >= 0.3 is 5.97 Å². The number of aryl methyl sites for hydroxylation is 1. The van der Waals surface area contributed by atoms with Gasteiger partial charge in [-0.05, 0) is 78.0 Å². The molecule has 0 bridgehead atoms. The van der Waals surface area contributed by atoms with E-state index < -0.39 is 5.60 Å².